The lowest BCUT2D eigenvalue weighted by atomic mass is 10.2. The van der Waals surface area contributed by atoms with Gasteiger partial charge < -0.3 is 5.32 Å². The molecule has 0 aliphatic rings. The predicted octanol–water partition coefficient (Wildman–Crippen LogP) is 2.40. The SMILES string of the molecule is CC(NC(=O)C=Cc1cc(Cl)cc(Cl)c1)c1nn[nH]n1. The van der Waals surface area contributed by atoms with E-state index in [9.17, 15) is 4.79 Å². The van der Waals surface area contributed by atoms with Crippen LogP contribution in [0.25, 0.3) is 6.08 Å². The Balaban J connectivity index is 1.98. The lowest BCUT2D eigenvalue weighted by Gasteiger charge is -2.07. The van der Waals surface area contributed by atoms with Crippen molar-refractivity contribution in [2.45, 2.75) is 13.0 Å². The highest BCUT2D eigenvalue weighted by Crippen LogP contribution is 2.19. The van der Waals surface area contributed by atoms with Crippen LogP contribution in [-0.4, -0.2) is 26.5 Å². The van der Waals surface area contributed by atoms with Gasteiger partial charge in [0.1, 0.15) is 0 Å². The molecule has 0 saturated carbocycles. The number of hydrogen-bond donors (Lipinski definition) is 2. The van der Waals surface area contributed by atoms with E-state index in [0.29, 0.717) is 15.9 Å². The van der Waals surface area contributed by atoms with Crippen LogP contribution in [0.3, 0.4) is 0 Å². The average Bonchev–Trinajstić information content (AvgIpc) is 2.89. The molecule has 2 aromatic rings. The van der Waals surface area contributed by atoms with Gasteiger partial charge in [-0.25, -0.2) is 0 Å². The summed E-state index contributed by atoms with van der Waals surface area (Å²) in [6.07, 6.45) is 3.01. The number of carbonyl (C=O) groups is 1. The Morgan fingerprint density at radius 3 is 2.65 bits per heavy atom. The number of H-pyrrole nitrogens is 1. The van der Waals surface area contributed by atoms with Crippen LogP contribution in [0.2, 0.25) is 10.0 Å². The third-order valence-electron chi connectivity index (χ3n) is 2.42. The number of rotatable bonds is 4. The lowest BCUT2D eigenvalue weighted by molar-refractivity contribution is -0.117. The Morgan fingerprint density at radius 2 is 2.05 bits per heavy atom. The number of halogens is 2. The van der Waals surface area contributed by atoms with Crippen molar-refractivity contribution >= 4 is 35.2 Å². The number of aromatic amines is 1. The van der Waals surface area contributed by atoms with Crippen molar-refractivity contribution in [3.63, 3.8) is 0 Å². The molecule has 1 aromatic heterocycles. The Labute approximate surface area is 125 Å². The smallest absolute Gasteiger partial charge is 0.244 e. The van der Waals surface area contributed by atoms with Crippen LogP contribution < -0.4 is 5.32 Å². The molecule has 1 aromatic carbocycles. The van der Waals surface area contributed by atoms with Crippen molar-refractivity contribution in [1.82, 2.24) is 25.9 Å². The van der Waals surface area contributed by atoms with Crippen molar-refractivity contribution in [3.05, 3.63) is 45.7 Å². The third-order valence-corrected chi connectivity index (χ3v) is 2.86. The zero-order valence-corrected chi connectivity index (χ0v) is 12.0. The maximum Gasteiger partial charge on any atom is 0.244 e. The largest absolute Gasteiger partial charge is 0.343 e. The van der Waals surface area contributed by atoms with E-state index in [4.69, 9.17) is 23.2 Å². The van der Waals surface area contributed by atoms with E-state index < -0.39 is 0 Å². The molecule has 104 valence electrons. The van der Waals surface area contributed by atoms with Gasteiger partial charge in [-0.1, -0.05) is 28.4 Å². The third kappa shape index (κ3) is 4.04. The molecule has 0 saturated heterocycles. The van der Waals surface area contributed by atoms with Gasteiger partial charge in [-0.2, -0.15) is 5.21 Å². The van der Waals surface area contributed by atoms with Crippen LogP contribution in [0.4, 0.5) is 0 Å². The highest BCUT2D eigenvalue weighted by molar-refractivity contribution is 6.34. The van der Waals surface area contributed by atoms with E-state index in [0.717, 1.165) is 5.56 Å². The summed E-state index contributed by atoms with van der Waals surface area (Å²) in [4.78, 5) is 11.7. The van der Waals surface area contributed by atoms with Crippen LogP contribution in [-0.2, 0) is 4.79 Å². The molecule has 20 heavy (non-hydrogen) atoms. The van der Waals surface area contributed by atoms with E-state index in [1.165, 1.54) is 6.08 Å². The first kappa shape index (κ1) is 14.5. The fourth-order valence-electron chi connectivity index (χ4n) is 1.52. The summed E-state index contributed by atoms with van der Waals surface area (Å²) in [5, 5.41) is 17.1. The Kier molecular flexibility index (Phi) is 4.70. The minimum absolute atomic E-state index is 0.279. The molecule has 0 aliphatic heterocycles. The normalized spacial score (nSPS) is 12.6. The highest BCUT2D eigenvalue weighted by Gasteiger charge is 2.11. The first-order valence-corrected chi connectivity index (χ1v) is 6.48. The highest BCUT2D eigenvalue weighted by atomic mass is 35.5. The van der Waals surface area contributed by atoms with Crippen LogP contribution in [0.15, 0.2) is 24.3 Å². The maximum atomic E-state index is 11.7. The minimum Gasteiger partial charge on any atom is -0.343 e. The molecule has 1 atom stereocenters. The van der Waals surface area contributed by atoms with E-state index >= 15 is 0 Å². The molecule has 0 bridgehead atoms. The first-order valence-electron chi connectivity index (χ1n) is 5.72. The van der Waals surface area contributed by atoms with Crippen LogP contribution in [0.5, 0.6) is 0 Å². The summed E-state index contributed by atoms with van der Waals surface area (Å²) in [6, 6.07) is 4.70. The Morgan fingerprint density at radius 1 is 1.35 bits per heavy atom. The molecule has 0 radical (unpaired) electrons. The van der Waals surface area contributed by atoms with Gasteiger partial charge in [-0.05, 0) is 36.8 Å². The van der Waals surface area contributed by atoms with Gasteiger partial charge in [0.2, 0.25) is 5.91 Å². The molecule has 8 heteroatoms. The van der Waals surface area contributed by atoms with Crippen molar-refractivity contribution in [2.24, 2.45) is 0 Å². The number of nitrogens with one attached hydrogen (secondary N) is 2. The molecule has 1 unspecified atom stereocenters. The van der Waals surface area contributed by atoms with Crippen LogP contribution in [0.1, 0.15) is 24.4 Å². The summed E-state index contributed by atoms with van der Waals surface area (Å²) in [6.45, 7) is 1.76. The summed E-state index contributed by atoms with van der Waals surface area (Å²) in [7, 11) is 0. The van der Waals surface area contributed by atoms with Gasteiger partial charge in [0, 0.05) is 16.1 Å². The molecular weight excluding hydrogens is 301 g/mol. The van der Waals surface area contributed by atoms with Gasteiger partial charge in [0.05, 0.1) is 6.04 Å². The Hall–Kier alpha value is -1.92. The second-order valence-corrected chi connectivity index (χ2v) is 4.91. The molecular formula is C12H11Cl2N5O. The van der Waals surface area contributed by atoms with Gasteiger partial charge in [0.15, 0.2) is 5.82 Å². The van der Waals surface area contributed by atoms with E-state index in [2.05, 4.69) is 25.9 Å². The summed E-state index contributed by atoms with van der Waals surface area (Å²) < 4.78 is 0. The summed E-state index contributed by atoms with van der Waals surface area (Å²) in [5.74, 6) is 0.135. The number of aromatic nitrogens is 4. The number of nitrogens with zero attached hydrogens (tertiary/aromatic N) is 3. The zero-order valence-electron chi connectivity index (χ0n) is 10.5. The molecule has 2 rings (SSSR count). The van der Waals surface area contributed by atoms with Gasteiger partial charge in [-0.3, -0.25) is 4.79 Å². The maximum absolute atomic E-state index is 11.7. The molecule has 2 N–H and O–H groups in total. The number of benzene rings is 1. The number of tetrazole rings is 1. The van der Waals surface area contributed by atoms with E-state index in [1.54, 1.807) is 31.2 Å². The van der Waals surface area contributed by atoms with Crippen molar-refractivity contribution in [1.29, 1.82) is 0 Å². The van der Waals surface area contributed by atoms with Gasteiger partial charge in [0.25, 0.3) is 0 Å². The summed E-state index contributed by atoms with van der Waals surface area (Å²) >= 11 is 11.7. The lowest BCUT2D eigenvalue weighted by Crippen LogP contribution is -2.25. The number of amides is 1. The monoisotopic (exact) mass is 311 g/mol. The molecule has 0 aliphatic carbocycles. The van der Waals surface area contributed by atoms with Crippen molar-refractivity contribution in [2.75, 3.05) is 0 Å². The zero-order chi connectivity index (χ0) is 14.5. The molecule has 0 spiro atoms. The molecule has 1 heterocycles. The molecule has 0 fully saturated rings. The van der Waals surface area contributed by atoms with Crippen LogP contribution in [0, 0.1) is 0 Å². The van der Waals surface area contributed by atoms with E-state index in [-0.39, 0.29) is 11.9 Å². The summed E-state index contributed by atoms with van der Waals surface area (Å²) in [5.41, 5.74) is 0.741. The van der Waals surface area contributed by atoms with Gasteiger partial charge >= 0.3 is 0 Å². The fourth-order valence-corrected chi connectivity index (χ4v) is 2.07. The second kappa shape index (κ2) is 6.49. The standard InChI is InChI=1S/C12H11Cl2N5O/c1-7(12-16-18-19-17-12)15-11(20)3-2-8-4-9(13)6-10(14)5-8/h2-7H,1H3,(H,15,20)(H,16,17,18,19). The van der Waals surface area contributed by atoms with Crippen molar-refractivity contribution < 1.29 is 4.79 Å². The number of hydrogen-bond acceptors (Lipinski definition) is 4. The topological polar surface area (TPSA) is 83.6 Å². The molecule has 6 nitrogen and oxygen atoms in total. The predicted molar refractivity (Wildman–Crippen MR) is 76.2 cm³/mol. The Bertz CT molecular complexity index is 607. The van der Waals surface area contributed by atoms with E-state index in [1.807, 2.05) is 0 Å². The average molecular weight is 312 g/mol. The quantitative estimate of drug-likeness (QED) is 0.849. The molecule has 1 amide bonds. The minimum atomic E-state index is -0.339. The second-order valence-electron chi connectivity index (χ2n) is 4.04. The first-order chi connectivity index (χ1) is 9.54. The van der Waals surface area contributed by atoms with Crippen LogP contribution >= 0.6 is 23.2 Å². The fraction of sp³-hybridized carbons (Fsp3) is 0.167. The van der Waals surface area contributed by atoms with Gasteiger partial charge in [-0.15, -0.1) is 10.2 Å². The number of carbonyl (C=O) groups excluding carboxylic acids is 1. The van der Waals surface area contributed by atoms with Crippen molar-refractivity contribution in [3.8, 4) is 0 Å².